The first-order valence-corrected chi connectivity index (χ1v) is 8.30. The average molecular weight is 379 g/mol. The second-order valence-corrected chi connectivity index (χ2v) is 6.48. The molecule has 0 unspecified atom stereocenters. The van der Waals surface area contributed by atoms with Crippen LogP contribution in [0.4, 0.5) is 5.82 Å². The van der Waals surface area contributed by atoms with Crippen molar-refractivity contribution in [1.29, 1.82) is 0 Å². The van der Waals surface area contributed by atoms with Crippen molar-refractivity contribution in [3.63, 3.8) is 0 Å². The first-order valence-electron chi connectivity index (χ1n) is 6.77. The fraction of sp³-hybridized carbons (Fsp3) is 0.500. The smallest absolute Gasteiger partial charge is 0.469 e. The molecule has 0 aromatic carbocycles. The van der Waals surface area contributed by atoms with E-state index in [0.717, 1.165) is 4.57 Å². The summed E-state index contributed by atoms with van der Waals surface area (Å²) in [4.78, 5) is 38.3. The third kappa shape index (κ3) is 3.23. The number of aromatic hydroxyl groups is 1. The number of aromatic nitrogens is 4. The molecule has 1 saturated heterocycles. The molecule has 25 heavy (non-hydrogen) atoms. The molecule has 15 heteroatoms. The normalized spacial score (nSPS) is 27.2. The Labute approximate surface area is 137 Å². The summed E-state index contributed by atoms with van der Waals surface area (Å²) in [7, 11) is -4.82. The monoisotopic (exact) mass is 379 g/mol. The van der Waals surface area contributed by atoms with Gasteiger partial charge in [-0.1, -0.05) is 0 Å². The molecule has 0 saturated carbocycles. The van der Waals surface area contributed by atoms with Crippen LogP contribution in [0.1, 0.15) is 6.23 Å². The Morgan fingerprint density at radius 3 is 2.64 bits per heavy atom. The molecule has 1 aliphatic rings. The van der Waals surface area contributed by atoms with E-state index in [-0.39, 0.29) is 17.0 Å². The Balaban J connectivity index is 1.97. The molecule has 138 valence electrons. The third-order valence-corrected chi connectivity index (χ3v) is 4.06. The first kappa shape index (κ1) is 17.8. The van der Waals surface area contributed by atoms with Crippen molar-refractivity contribution >= 4 is 24.8 Å². The number of hydrogen-bond acceptors (Lipinski definition) is 10. The number of imidazole rings is 1. The highest BCUT2D eigenvalue weighted by molar-refractivity contribution is 7.46. The Kier molecular flexibility index (Phi) is 4.28. The van der Waals surface area contributed by atoms with E-state index in [0.29, 0.717) is 0 Å². The van der Waals surface area contributed by atoms with Gasteiger partial charge in [0.05, 0.1) is 6.61 Å². The summed E-state index contributed by atoms with van der Waals surface area (Å²) in [5, 5.41) is 30.1. The van der Waals surface area contributed by atoms with Crippen LogP contribution in [0.25, 0.3) is 11.2 Å². The predicted molar refractivity (Wildman–Crippen MR) is 78.1 cm³/mol. The number of H-pyrrole nitrogens is 1. The lowest BCUT2D eigenvalue weighted by molar-refractivity contribution is -0.0530. The van der Waals surface area contributed by atoms with Gasteiger partial charge in [0.2, 0.25) is 0 Å². The Hall–Kier alpha value is -2.06. The standard InChI is InChI=1S/C10H14N5O9P/c11-6-3-7(14-9(18)13-6)15(10(19)12-3)8-5(17)4(16)2(24-8)1-23-25(20,21)22/h2,4-5,8,16-17H,1H2,(H,12,19)(H2,20,21,22)(H3,11,13,14,18)/t2-,4-,5-,8-/m1/s1. The van der Waals surface area contributed by atoms with Crippen LogP contribution in [0.2, 0.25) is 0 Å². The van der Waals surface area contributed by atoms with Gasteiger partial charge in [0.15, 0.2) is 17.4 Å². The highest BCUT2D eigenvalue weighted by Crippen LogP contribution is 2.39. The van der Waals surface area contributed by atoms with Crippen molar-refractivity contribution in [3.05, 3.63) is 10.5 Å². The van der Waals surface area contributed by atoms with Crippen LogP contribution in [-0.2, 0) is 13.8 Å². The van der Waals surface area contributed by atoms with Gasteiger partial charge in [-0.25, -0.2) is 13.9 Å². The number of aliphatic hydroxyl groups excluding tert-OH is 2. The van der Waals surface area contributed by atoms with Crippen molar-refractivity contribution < 1.29 is 38.9 Å². The molecule has 14 nitrogen and oxygen atoms in total. The maximum atomic E-state index is 11.5. The first-order chi connectivity index (χ1) is 11.6. The average Bonchev–Trinajstić information content (AvgIpc) is 2.95. The number of rotatable bonds is 4. The number of ether oxygens (including phenoxy) is 1. The van der Waals surface area contributed by atoms with E-state index in [1.54, 1.807) is 0 Å². The second-order valence-electron chi connectivity index (χ2n) is 5.24. The summed E-state index contributed by atoms with van der Waals surface area (Å²) in [5.41, 5.74) is 4.45. The molecule has 0 amide bonds. The minimum Gasteiger partial charge on any atom is -0.480 e. The summed E-state index contributed by atoms with van der Waals surface area (Å²) >= 11 is 0. The maximum absolute atomic E-state index is 11.5. The van der Waals surface area contributed by atoms with Crippen LogP contribution in [-0.4, -0.2) is 69.5 Å². The number of aromatic amines is 1. The Morgan fingerprint density at radius 2 is 2.00 bits per heavy atom. The molecule has 0 bridgehead atoms. The minimum atomic E-state index is -4.82. The molecular weight excluding hydrogens is 365 g/mol. The molecule has 0 radical (unpaired) electrons. The third-order valence-electron chi connectivity index (χ3n) is 3.57. The molecule has 1 aliphatic heterocycles. The number of aliphatic hydroxyl groups is 2. The number of anilines is 1. The zero-order valence-corrected chi connectivity index (χ0v) is 13.1. The Bertz CT molecular complexity index is 906. The Morgan fingerprint density at radius 1 is 1.32 bits per heavy atom. The molecule has 2 aromatic heterocycles. The quantitative estimate of drug-likeness (QED) is 0.266. The lowest BCUT2D eigenvalue weighted by Crippen LogP contribution is -2.33. The van der Waals surface area contributed by atoms with Gasteiger partial charge in [-0.15, -0.1) is 0 Å². The molecule has 1 fully saturated rings. The van der Waals surface area contributed by atoms with Crippen molar-refractivity contribution in [1.82, 2.24) is 19.5 Å². The summed E-state index contributed by atoms with van der Waals surface area (Å²) in [5.74, 6) is -0.182. The lowest BCUT2D eigenvalue weighted by atomic mass is 10.1. The van der Waals surface area contributed by atoms with E-state index in [4.69, 9.17) is 20.3 Å². The van der Waals surface area contributed by atoms with E-state index in [1.165, 1.54) is 0 Å². The predicted octanol–water partition coefficient (Wildman–Crippen LogP) is -2.86. The van der Waals surface area contributed by atoms with Gasteiger partial charge in [-0.2, -0.15) is 9.97 Å². The number of nitrogens with zero attached hydrogens (tertiary/aromatic N) is 3. The summed E-state index contributed by atoms with van der Waals surface area (Å²) in [6.07, 6.45) is -6.04. The van der Waals surface area contributed by atoms with Crippen molar-refractivity contribution in [2.45, 2.75) is 24.5 Å². The van der Waals surface area contributed by atoms with Crippen molar-refractivity contribution in [2.75, 3.05) is 12.3 Å². The highest BCUT2D eigenvalue weighted by Gasteiger charge is 2.46. The van der Waals surface area contributed by atoms with Crippen LogP contribution < -0.4 is 11.4 Å². The largest absolute Gasteiger partial charge is 0.480 e. The van der Waals surface area contributed by atoms with E-state index in [1.807, 2.05) is 0 Å². The summed E-state index contributed by atoms with van der Waals surface area (Å²) < 4.78 is 21.1. The maximum Gasteiger partial charge on any atom is 0.469 e. The van der Waals surface area contributed by atoms with Crippen molar-refractivity contribution in [2.24, 2.45) is 0 Å². The van der Waals surface area contributed by atoms with Crippen LogP contribution in [0.3, 0.4) is 0 Å². The number of phosphoric acid groups is 1. The SMILES string of the molecule is Nc1[nH]c(=O)nc2c1nc(O)n2[C@@H]1O[C@H](COP(=O)(O)O)[C@@H](O)[C@H]1O. The van der Waals surface area contributed by atoms with Gasteiger partial charge in [0, 0.05) is 0 Å². The van der Waals surface area contributed by atoms with Crippen LogP contribution >= 0.6 is 7.82 Å². The zero-order valence-electron chi connectivity index (χ0n) is 12.3. The van der Waals surface area contributed by atoms with Crippen LogP contribution in [0, 0.1) is 0 Å². The molecule has 3 heterocycles. The number of phosphoric ester groups is 1. The van der Waals surface area contributed by atoms with Crippen molar-refractivity contribution in [3.8, 4) is 6.01 Å². The lowest BCUT2D eigenvalue weighted by Gasteiger charge is -2.17. The van der Waals surface area contributed by atoms with E-state index in [2.05, 4.69) is 19.5 Å². The molecular formula is C10H14N5O9P. The molecule has 8 N–H and O–H groups in total. The fourth-order valence-electron chi connectivity index (χ4n) is 2.48. The number of nitrogens with two attached hydrogens (primary N) is 1. The number of fused-ring (bicyclic) bond motifs is 1. The van der Waals surface area contributed by atoms with Crippen LogP contribution in [0.5, 0.6) is 6.01 Å². The van der Waals surface area contributed by atoms with Gasteiger partial charge in [-0.3, -0.25) is 9.51 Å². The molecule has 4 atom stereocenters. The number of nitrogens with one attached hydrogen (secondary N) is 1. The van der Waals surface area contributed by atoms with Gasteiger partial charge >= 0.3 is 13.5 Å². The minimum absolute atomic E-state index is 0.0719. The summed E-state index contributed by atoms with van der Waals surface area (Å²) in [6, 6.07) is -0.707. The topological polar surface area (TPSA) is 226 Å². The molecule has 0 aliphatic carbocycles. The van der Waals surface area contributed by atoms with Gasteiger partial charge in [-0.05, 0) is 0 Å². The van der Waals surface area contributed by atoms with Gasteiger partial charge in [0.25, 0.3) is 6.01 Å². The zero-order chi connectivity index (χ0) is 18.5. The molecule has 2 aromatic rings. The highest BCUT2D eigenvalue weighted by atomic mass is 31.2. The van der Waals surface area contributed by atoms with Gasteiger partial charge < -0.3 is 35.6 Å². The van der Waals surface area contributed by atoms with E-state index >= 15 is 0 Å². The summed E-state index contributed by atoms with van der Waals surface area (Å²) in [6.45, 7) is -0.734. The van der Waals surface area contributed by atoms with E-state index in [9.17, 15) is 24.7 Å². The molecule has 0 spiro atoms. The second kappa shape index (κ2) is 6.03. The fourth-order valence-corrected chi connectivity index (χ4v) is 2.82. The number of hydrogen-bond donors (Lipinski definition) is 7. The number of nitrogen functional groups attached to an aromatic ring is 1. The molecule has 3 rings (SSSR count). The van der Waals surface area contributed by atoms with Gasteiger partial charge in [0.1, 0.15) is 24.1 Å². The van der Waals surface area contributed by atoms with Crippen LogP contribution in [0.15, 0.2) is 4.79 Å². The van der Waals surface area contributed by atoms with E-state index < -0.39 is 50.7 Å².